The van der Waals surface area contributed by atoms with Crippen LogP contribution in [0.2, 0.25) is 10.0 Å². The summed E-state index contributed by atoms with van der Waals surface area (Å²) in [6.45, 7) is 1.94. The molecule has 1 N–H and O–H groups in total. The maximum atomic E-state index is 12.7. The molecule has 7 heteroatoms. The first-order chi connectivity index (χ1) is 13.0. The minimum atomic E-state index is -1.22. The molecule has 1 heterocycles. The minimum Gasteiger partial charge on any atom is -0.456 e. The quantitative estimate of drug-likeness (QED) is 0.587. The fraction of sp³-hybridized carbons (Fsp3) is 0.350. The molecule has 1 saturated heterocycles. The number of piperidine rings is 1. The smallest absolute Gasteiger partial charge is 0.389 e. The fourth-order valence-corrected chi connectivity index (χ4v) is 3.07. The lowest BCUT2D eigenvalue weighted by Crippen LogP contribution is -3.10. The van der Waals surface area contributed by atoms with Gasteiger partial charge in [-0.25, -0.2) is 4.79 Å². The molecule has 0 aliphatic carbocycles. The fourth-order valence-electron chi connectivity index (χ4n) is 2.82. The normalized spacial score (nSPS) is 19.6. The third kappa shape index (κ3) is 6.03. The second-order valence-corrected chi connectivity index (χ2v) is 7.44. The van der Waals surface area contributed by atoms with Crippen LogP contribution in [-0.4, -0.2) is 38.5 Å². The first-order valence-corrected chi connectivity index (χ1v) is 9.61. The first kappa shape index (κ1) is 19.8. The lowest BCUT2D eigenvalue weighted by Gasteiger charge is -2.27. The van der Waals surface area contributed by atoms with E-state index in [2.05, 4.69) is 7.05 Å². The van der Waals surface area contributed by atoms with Crippen LogP contribution >= 0.6 is 23.2 Å². The summed E-state index contributed by atoms with van der Waals surface area (Å²) in [5.74, 6) is 0.371. The third-order valence-corrected chi connectivity index (χ3v) is 4.88. The van der Waals surface area contributed by atoms with E-state index in [4.69, 9.17) is 37.4 Å². The van der Waals surface area contributed by atoms with Crippen molar-refractivity contribution in [3.63, 3.8) is 0 Å². The molecule has 0 bridgehead atoms. The topological polar surface area (TPSA) is 49.2 Å². The number of carbonyl (C=O) groups is 1. The molecular weight excluding hydrogens is 389 g/mol. The van der Waals surface area contributed by atoms with Crippen molar-refractivity contribution in [2.24, 2.45) is 0 Å². The number of hydrogen-bond acceptors (Lipinski definition) is 4. The molecule has 2 aromatic rings. The zero-order valence-corrected chi connectivity index (χ0v) is 16.5. The second-order valence-electron chi connectivity index (χ2n) is 6.57. The molecule has 0 spiro atoms. The average Bonchev–Trinajstić information content (AvgIpc) is 2.66. The summed E-state index contributed by atoms with van der Waals surface area (Å²) in [4.78, 5) is 14.1. The Morgan fingerprint density at radius 2 is 1.37 bits per heavy atom. The average molecular weight is 411 g/mol. The van der Waals surface area contributed by atoms with Crippen LogP contribution in [0.25, 0.3) is 0 Å². The highest BCUT2D eigenvalue weighted by Gasteiger charge is 2.30. The Morgan fingerprint density at radius 3 is 1.81 bits per heavy atom. The van der Waals surface area contributed by atoms with Crippen molar-refractivity contribution in [1.82, 2.24) is 0 Å². The van der Waals surface area contributed by atoms with E-state index in [0.717, 1.165) is 25.9 Å². The van der Waals surface area contributed by atoms with Crippen molar-refractivity contribution in [2.45, 2.75) is 25.2 Å². The van der Waals surface area contributed by atoms with Gasteiger partial charge >= 0.3 is 12.3 Å². The van der Waals surface area contributed by atoms with Gasteiger partial charge in [0.05, 0.1) is 20.1 Å². The van der Waals surface area contributed by atoms with Gasteiger partial charge in [-0.3, -0.25) is 0 Å². The van der Waals surface area contributed by atoms with Gasteiger partial charge in [0.1, 0.15) is 17.6 Å². The molecule has 0 radical (unpaired) electrons. The van der Waals surface area contributed by atoms with Gasteiger partial charge in [0.25, 0.3) is 0 Å². The minimum absolute atomic E-state index is 0.119. The second kappa shape index (κ2) is 9.31. The number of quaternary nitrogens is 1. The Bertz CT molecular complexity index is 696. The molecule has 0 unspecified atom stereocenters. The predicted octanol–water partition coefficient (Wildman–Crippen LogP) is 3.00. The van der Waals surface area contributed by atoms with Crippen LogP contribution in [0.1, 0.15) is 12.8 Å². The lowest BCUT2D eigenvalue weighted by atomic mass is 10.1. The van der Waals surface area contributed by atoms with Gasteiger partial charge in [-0.2, -0.15) is 0 Å². The van der Waals surface area contributed by atoms with Crippen LogP contribution < -0.4 is 14.4 Å². The van der Waals surface area contributed by atoms with Gasteiger partial charge in [0, 0.05) is 22.9 Å². The summed E-state index contributed by atoms with van der Waals surface area (Å²) in [7, 11) is 2.13. The number of likely N-dealkylation sites (tertiary alicyclic amines) is 1. The Hall–Kier alpha value is -1.95. The highest BCUT2D eigenvalue weighted by molar-refractivity contribution is 6.30. The molecule has 0 atom stereocenters. The standard InChI is InChI=1S/C20H21Cl2NO4/c1-23-12-10-18(11-13-23)25-19(24)20(26-16-6-2-14(21)3-7-16)27-17-8-4-15(22)5-9-17/h2-9,18,20H,10-13H2,1H3/p+1. The molecule has 1 aliphatic heterocycles. The Morgan fingerprint density at radius 1 is 0.926 bits per heavy atom. The predicted molar refractivity (Wildman–Crippen MR) is 104 cm³/mol. The summed E-state index contributed by atoms with van der Waals surface area (Å²) in [5.41, 5.74) is 0. The first-order valence-electron chi connectivity index (χ1n) is 8.86. The van der Waals surface area contributed by atoms with Crippen LogP contribution in [0.4, 0.5) is 0 Å². The van der Waals surface area contributed by atoms with Crippen molar-refractivity contribution in [2.75, 3.05) is 20.1 Å². The van der Waals surface area contributed by atoms with E-state index < -0.39 is 12.3 Å². The molecule has 0 amide bonds. The van der Waals surface area contributed by atoms with Gasteiger partial charge in [-0.15, -0.1) is 0 Å². The number of hydrogen-bond donors (Lipinski definition) is 1. The largest absolute Gasteiger partial charge is 0.456 e. The zero-order valence-electron chi connectivity index (χ0n) is 15.0. The highest BCUT2D eigenvalue weighted by Crippen LogP contribution is 2.21. The summed E-state index contributed by atoms with van der Waals surface area (Å²) < 4.78 is 17.1. The summed E-state index contributed by atoms with van der Waals surface area (Å²) in [5, 5.41) is 1.16. The van der Waals surface area contributed by atoms with Crippen molar-refractivity contribution in [1.29, 1.82) is 0 Å². The van der Waals surface area contributed by atoms with E-state index in [1.54, 1.807) is 48.5 Å². The molecule has 2 aromatic carbocycles. The number of benzene rings is 2. The van der Waals surface area contributed by atoms with Crippen LogP contribution in [0.5, 0.6) is 11.5 Å². The monoisotopic (exact) mass is 410 g/mol. The molecule has 1 aliphatic rings. The van der Waals surface area contributed by atoms with Gasteiger partial charge in [-0.05, 0) is 48.5 Å². The Kier molecular flexibility index (Phi) is 6.83. The Labute approximate surface area is 168 Å². The number of carbonyl (C=O) groups excluding carboxylic acids is 1. The number of nitrogens with one attached hydrogen (secondary N) is 1. The Balaban J connectivity index is 1.70. The zero-order chi connectivity index (χ0) is 19.2. The molecule has 5 nitrogen and oxygen atoms in total. The molecular formula is C20H22Cl2NO4+. The summed E-state index contributed by atoms with van der Waals surface area (Å²) >= 11 is 11.8. The summed E-state index contributed by atoms with van der Waals surface area (Å²) in [6, 6.07) is 13.4. The van der Waals surface area contributed by atoms with Crippen LogP contribution in [-0.2, 0) is 9.53 Å². The van der Waals surface area contributed by atoms with E-state index in [9.17, 15) is 4.79 Å². The van der Waals surface area contributed by atoms with E-state index in [1.807, 2.05) is 0 Å². The molecule has 1 fully saturated rings. The van der Waals surface area contributed by atoms with Gasteiger partial charge in [-0.1, -0.05) is 23.2 Å². The highest BCUT2D eigenvalue weighted by atomic mass is 35.5. The van der Waals surface area contributed by atoms with Gasteiger partial charge in [0.15, 0.2) is 0 Å². The van der Waals surface area contributed by atoms with Crippen molar-refractivity contribution in [3.05, 3.63) is 58.6 Å². The number of esters is 1. The van der Waals surface area contributed by atoms with Crippen LogP contribution in [0, 0.1) is 0 Å². The molecule has 27 heavy (non-hydrogen) atoms. The maximum Gasteiger partial charge on any atom is 0.389 e. The van der Waals surface area contributed by atoms with Crippen molar-refractivity contribution in [3.8, 4) is 11.5 Å². The molecule has 0 aromatic heterocycles. The molecule has 3 rings (SSSR count). The maximum absolute atomic E-state index is 12.7. The number of halogens is 2. The van der Waals surface area contributed by atoms with E-state index in [1.165, 1.54) is 4.90 Å². The van der Waals surface area contributed by atoms with Gasteiger partial charge < -0.3 is 19.1 Å². The van der Waals surface area contributed by atoms with E-state index in [0.29, 0.717) is 21.5 Å². The van der Waals surface area contributed by atoms with Crippen molar-refractivity contribution >= 4 is 29.2 Å². The number of ether oxygens (including phenoxy) is 3. The van der Waals surface area contributed by atoms with Crippen LogP contribution in [0.15, 0.2) is 48.5 Å². The van der Waals surface area contributed by atoms with Gasteiger partial charge in [0.2, 0.25) is 0 Å². The summed E-state index contributed by atoms with van der Waals surface area (Å²) in [6.07, 6.45) is 0.309. The molecule has 0 saturated carbocycles. The van der Waals surface area contributed by atoms with E-state index >= 15 is 0 Å². The van der Waals surface area contributed by atoms with Crippen LogP contribution in [0.3, 0.4) is 0 Å². The van der Waals surface area contributed by atoms with Crippen molar-refractivity contribution < 1.29 is 23.9 Å². The SMILES string of the molecule is C[NH+]1CCC(OC(=O)C(Oc2ccc(Cl)cc2)Oc2ccc(Cl)cc2)CC1. The lowest BCUT2D eigenvalue weighted by molar-refractivity contribution is -0.885. The van der Waals surface area contributed by atoms with E-state index in [-0.39, 0.29) is 6.10 Å². The number of rotatable bonds is 6. The third-order valence-electron chi connectivity index (χ3n) is 4.37. The molecule has 144 valence electrons.